The van der Waals surface area contributed by atoms with Crippen LogP contribution in [0.5, 0.6) is 0 Å². The molecular weight excluding hydrogens is 220 g/mol. The second-order valence-electron chi connectivity index (χ2n) is 3.14. The van der Waals surface area contributed by atoms with Crippen molar-refractivity contribution in [2.24, 2.45) is 0 Å². The molecule has 0 amide bonds. The van der Waals surface area contributed by atoms with Gasteiger partial charge < -0.3 is 0 Å². The van der Waals surface area contributed by atoms with Crippen molar-refractivity contribution < 1.29 is 9.59 Å². The minimum atomic E-state index is -0.300. The van der Waals surface area contributed by atoms with Crippen molar-refractivity contribution in [1.29, 1.82) is 0 Å². The predicted octanol–water partition coefficient (Wildman–Crippen LogP) is -0.550. The molecule has 2 N–H and O–H groups in total. The highest BCUT2D eigenvalue weighted by Crippen LogP contribution is 2.19. The van der Waals surface area contributed by atoms with Crippen molar-refractivity contribution >= 4 is 35.1 Å². The monoisotopic (exact) mass is 232 g/mol. The van der Waals surface area contributed by atoms with Crippen LogP contribution in [0.15, 0.2) is 0 Å². The van der Waals surface area contributed by atoms with E-state index in [1.165, 1.54) is 23.5 Å². The lowest BCUT2D eigenvalue weighted by Gasteiger charge is -2.10. The van der Waals surface area contributed by atoms with Crippen LogP contribution < -0.4 is 10.6 Å². The van der Waals surface area contributed by atoms with Gasteiger partial charge in [-0.1, -0.05) is 0 Å². The SMILES string of the molecule is O=C(C(=O)C1NCCS1)C1NCCS1. The Labute approximate surface area is 91.0 Å². The summed E-state index contributed by atoms with van der Waals surface area (Å²) in [6.07, 6.45) is 0. The van der Waals surface area contributed by atoms with E-state index in [9.17, 15) is 9.59 Å². The lowest BCUT2D eigenvalue weighted by atomic mass is 10.2. The molecule has 0 aromatic carbocycles. The molecule has 2 rings (SSSR count). The number of nitrogens with one attached hydrogen (secondary N) is 2. The van der Waals surface area contributed by atoms with Crippen LogP contribution in [0.1, 0.15) is 0 Å². The van der Waals surface area contributed by atoms with E-state index >= 15 is 0 Å². The molecule has 2 atom stereocenters. The van der Waals surface area contributed by atoms with Crippen LogP contribution >= 0.6 is 23.5 Å². The zero-order valence-corrected chi connectivity index (χ0v) is 9.25. The van der Waals surface area contributed by atoms with Crippen LogP contribution in [0.3, 0.4) is 0 Å². The van der Waals surface area contributed by atoms with E-state index in [-0.39, 0.29) is 22.3 Å². The van der Waals surface area contributed by atoms with Crippen molar-refractivity contribution in [3.05, 3.63) is 0 Å². The van der Waals surface area contributed by atoms with E-state index in [1.54, 1.807) is 0 Å². The largest absolute Gasteiger partial charge is 0.298 e. The maximum Gasteiger partial charge on any atom is 0.228 e. The number of thioether (sulfide) groups is 2. The molecule has 0 radical (unpaired) electrons. The predicted molar refractivity (Wildman–Crippen MR) is 58.5 cm³/mol. The fourth-order valence-corrected chi connectivity index (χ4v) is 3.40. The molecule has 0 saturated carbocycles. The number of ketones is 2. The molecule has 78 valence electrons. The molecule has 0 bridgehead atoms. The molecule has 0 aromatic rings. The number of Topliss-reactive ketones (excluding diaryl/α,β-unsaturated/α-hetero) is 2. The zero-order valence-electron chi connectivity index (χ0n) is 7.62. The Morgan fingerprint density at radius 3 is 1.64 bits per heavy atom. The van der Waals surface area contributed by atoms with E-state index in [2.05, 4.69) is 10.6 Å². The Balaban J connectivity index is 1.92. The highest BCUT2D eigenvalue weighted by molar-refractivity contribution is 8.01. The van der Waals surface area contributed by atoms with Crippen molar-refractivity contribution in [2.75, 3.05) is 24.6 Å². The van der Waals surface area contributed by atoms with Gasteiger partial charge >= 0.3 is 0 Å². The molecule has 2 aliphatic rings. The van der Waals surface area contributed by atoms with Gasteiger partial charge in [-0.15, -0.1) is 23.5 Å². The zero-order chi connectivity index (χ0) is 9.97. The molecule has 2 fully saturated rings. The summed E-state index contributed by atoms with van der Waals surface area (Å²) in [5.74, 6) is 1.27. The topological polar surface area (TPSA) is 58.2 Å². The molecule has 2 heterocycles. The van der Waals surface area contributed by atoms with Crippen molar-refractivity contribution in [1.82, 2.24) is 10.6 Å². The van der Waals surface area contributed by atoms with E-state index in [4.69, 9.17) is 0 Å². The van der Waals surface area contributed by atoms with E-state index in [0.29, 0.717) is 0 Å². The summed E-state index contributed by atoms with van der Waals surface area (Å²) in [6.45, 7) is 1.64. The Morgan fingerprint density at radius 1 is 0.929 bits per heavy atom. The Morgan fingerprint density at radius 2 is 1.36 bits per heavy atom. The van der Waals surface area contributed by atoms with Gasteiger partial charge in [-0.3, -0.25) is 20.2 Å². The molecule has 14 heavy (non-hydrogen) atoms. The molecule has 0 spiro atoms. The minimum Gasteiger partial charge on any atom is -0.298 e. The van der Waals surface area contributed by atoms with Gasteiger partial charge in [0.1, 0.15) is 10.7 Å². The van der Waals surface area contributed by atoms with Crippen molar-refractivity contribution in [2.45, 2.75) is 10.7 Å². The average molecular weight is 232 g/mol. The average Bonchev–Trinajstić information content (AvgIpc) is 2.87. The summed E-state index contributed by atoms with van der Waals surface area (Å²) in [5, 5.41) is 5.43. The van der Waals surface area contributed by atoms with Crippen LogP contribution in [-0.4, -0.2) is 46.9 Å². The van der Waals surface area contributed by atoms with Crippen LogP contribution in [0, 0.1) is 0 Å². The summed E-state index contributed by atoms with van der Waals surface area (Å²) in [6, 6.07) is 0. The molecule has 0 aliphatic carbocycles. The highest BCUT2D eigenvalue weighted by atomic mass is 32.2. The van der Waals surface area contributed by atoms with Gasteiger partial charge in [0.15, 0.2) is 0 Å². The van der Waals surface area contributed by atoms with Crippen LogP contribution in [0.2, 0.25) is 0 Å². The standard InChI is InChI=1S/C8H12N2O2S2/c11-5(7-9-1-3-13-7)6(12)8-10-2-4-14-8/h7-10H,1-4H2. The van der Waals surface area contributed by atoms with E-state index < -0.39 is 0 Å². The van der Waals surface area contributed by atoms with Gasteiger partial charge in [-0.25, -0.2) is 0 Å². The summed E-state index contributed by atoms with van der Waals surface area (Å²) in [4.78, 5) is 23.3. The fourth-order valence-electron chi connectivity index (χ4n) is 1.45. The van der Waals surface area contributed by atoms with Crippen LogP contribution in [-0.2, 0) is 9.59 Å². The smallest absolute Gasteiger partial charge is 0.228 e. The van der Waals surface area contributed by atoms with Crippen LogP contribution in [0.4, 0.5) is 0 Å². The van der Waals surface area contributed by atoms with Crippen molar-refractivity contribution in [3.63, 3.8) is 0 Å². The lowest BCUT2D eigenvalue weighted by molar-refractivity contribution is -0.136. The third kappa shape index (κ3) is 2.13. The van der Waals surface area contributed by atoms with Gasteiger partial charge in [0, 0.05) is 24.6 Å². The fraction of sp³-hybridized carbons (Fsp3) is 0.750. The first-order valence-corrected chi connectivity index (χ1v) is 6.67. The molecule has 0 aromatic heterocycles. The number of carbonyl (C=O) groups is 2. The molecule has 4 nitrogen and oxygen atoms in total. The maximum atomic E-state index is 11.6. The molecule has 2 saturated heterocycles. The molecule has 2 aliphatic heterocycles. The first kappa shape index (κ1) is 10.5. The normalized spacial score (nSPS) is 32.0. The first-order chi connectivity index (χ1) is 6.79. The third-order valence-corrected chi connectivity index (χ3v) is 4.46. The van der Waals surface area contributed by atoms with Crippen LogP contribution in [0.25, 0.3) is 0 Å². The van der Waals surface area contributed by atoms with E-state index in [1.807, 2.05) is 0 Å². The van der Waals surface area contributed by atoms with E-state index in [0.717, 1.165) is 24.6 Å². The molecule has 2 unspecified atom stereocenters. The second-order valence-corrected chi connectivity index (χ2v) is 5.56. The highest BCUT2D eigenvalue weighted by Gasteiger charge is 2.34. The van der Waals surface area contributed by atoms with Crippen molar-refractivity contribution in [3.8, 4) is 0 Å². The quantitative estimate of drug-likeness (QED) is 0.637. The van der Waals surface area contributed by atoms with Gasteiger partial charge in [0.05, 0.1) is 0 Å². The van der Waals surface area contributed by atoms with Gasteiger partial charge in [0.2, 0.25) is 11.6 Å². The Hall–Kier alpha value is -0.0400. The minimum absolute atomic E-state index is 0.278. The first-order valence-electron chi connectivity index (χ1n) is 4.57. The number of hydrogen-bond acceptors (Lipinski definition) is 6. The summed E-state index contributed by atoms with van der Waals surface area (Å²) in [7, 11) is 0. The van der Waals surface area contributed by atoms with Gasteiger partial charge in [0.25, 0.3) is 0 Å². The summed E-state index contributed by atoms with van der Waals surface area (Å²) >= 11 is 3.04. The lowest BCUT2D eigenvalue weighted by Crippen LogP contribution is -2.42. The number of hydrogen-bond donors (Lipinski definition) is 2. The third-order valence-electron chi connectivity index (χ3n) is 2.15. The summed E-state index contributed by atoms with van der Waals surface area (Å²) in [5.41, 5.74) is 0. The number of rotatable bonds is 3. The number of carbonyl (C=O) groups excluding carboxylic acids is 2. The Kier molecular flexibility index (Phi) is 3.48. The maximum absolute atomic E-state index is 11.6. The molecular formula is C8H12N2O2S2. The second kappa shape index (κ2) is 4.65. The summed E-state index contributed by atoms with van der Waals surface area (Å²) < 4.78 is 0. The Bertz CT molecular complexity index is 222. The molecule has 6 heteroatoms. The van der Waals surface area contributed by atoms with Gasteiger partial charge in [-0.2, -0.15) is 0 Å². The van der Waals surface area contributed by atoms with Gasteiger partial charge in [-0.05, 0) is 0 Å².